The van der Waals surface area contributed by atoms with Crippen LogP contribution in [0, 0.1) is 12.8 Å². The fourth-order valence-electron chi connectivity index (χ4n) is 4.09. The SMILES string of the molecule is Cc1[nH]c2ccccc2c1C(=O)C(=O)Nc1cc(CC2CCCCC2)[nH]n1. The van der Waals surface area contributed by atoms with Crippen LogP contribution in [0.3, 0.4) is 0 Å². The summed E-state index contributed by atoms with van der Waals surface area (Å²) in [7, 11) is 0. The smallest absolute Gasteiger partial charge is 0.298 e. The number of carbonyl (C=O) groups excluding carboxylic acids is 2. The Kier molecular flexibility index (Phi) is 4.79. The lowest BCUT2D eigenvalue weighted by Gasteiger charge is -2.20. The van der Waals surface area contributed by atoms with E-state index in [1.54, 1.807) is 6.92 Å². The summed E-state index contributed by atoms with van der Waals surface area (Å²) in [5.74, 6) is -0.143. The molecule has 6 heteroatoms. The molecule has 1 saturated carbocycles. The average molecular weight is 364 g/mol. The van der Waals surface area contributed by atoms with Crippen LogP contribution in [0.2, 0.25) is 0 Å². The minimum atomic E-state index is -0.668. The molecule has 1 aromatic carbocycles. The lowest BCUT2D eigenvalue weighted by Crippen LogP contribution is -2.23. The van der Waals surface area contributed by atoms with Crippen LogP contribution in [-0.4, -0.2) is 26.9 Å². The van der Waals surface area contributed by atoms with Gasteiger partial charge < -0.3 is 10.3 Å². The second-order valence-corrected chi connectivity index (χ2v) is 7.44. The van der Waals surface area contributed by atoms with Crippen LogP contribution in [0.1, 0.15) is 53.8 Å². The second-order valence-electron chi connectivity index (χ2n) is 7.44. The minimum absolute atomic E-state index is 0.400. The summed E-state index contributed by atoms with van der Waals surface area (Å²) in [6.45, 7) is 1.80. The lowest BCUT2D eigenvalue weighted by molar-refractivity contribution is -0.112. The number of nitrogens with one attached hydrogen (secondary N) is 3. The van der Waals surface area contributed by atoms with Gasteiger partial charge >= 0.3 is 0 Å². The second kappa shape index (κ2) is 7.39. The molecule has 0 bridgehead atoms. The number of benzene rings is 1. The summed E-state index contributed by atoms with van der Waals surface area (Å²) < 4.78 is 0. The summed E-state index contributed by atoms with van der Waals surface area (Å²) in [5, 5.41) is 10.5. The molecule has 1 amide bonds. The minimum Gasteiger partial charge on any atom is -0.358 e. The van der Waals surface area contributed by atoms with E-state index in [1.807, 2.05) is 30.3 Å². The molecule has 6 nitrogen and oxygen atoms in total. The van der Waals surface area contributed by atoms with E-state index < -0.39 is 11.7 Å². The highest BCUT2D eigenvalue weighted by molar-refractivity contribution is 6.48. The van der Waals surface area contributed by atoms with Crippen molar-refractivity contribution in [3.05, 3.63) is 47.3 Å². The first-order chi connectivity index (χ1) is 13.1. The van der Waals surface area contributed by atoms with Gasteiger partial charge in [0.15, 0.2) is 5.82 Å². The van der Waals surface area contributed by atoms with E-state index in [0.717, 1.165) is 23.0 Å². The van der Waals surface area contributed by atoms with E-state index in [0.29, 0.717) is 23.0 Å². The van der Waals surface area contributed by atoms with Crippen LogP contribution in [0.15, 0.2) is 30.3 Å². The molecule has 3 N–H and O–H groups in total. The van der Waals surface area contributed by atoms with Gasteiger partial charge in [-0.2, -0.15) is 5.10 Å². The van der Waals surface area contributed by atoms with E-state index in [4.69, 9.17) is 0 Å². The first-order valence-corrected chi connectivity index (χ1v) is 9.59. The molecule has 1 fully saturated rings. The van der Waals surface area contributed by atoms with E-state index in [9.17, 15) is 9.59 Å². The highest BCUT2D eigenvalue weighted by atomic mass is 16.2. The Hall–Kier alpha value is -2.89. The summed E-state index contributed by atoms with van der Waals surface area (Å²) in [6.07, 6.45) is 7.36. The van der Waals surface area contributed by atoms with E-state index >= 15 is 0 Å². The van der Waals surface area contributed by atoms with Crippen molar-refractivity contribution in [3.63, 3.8) is 0 Å². The van der Waals surface area contributed by atoms with Crippen LogP contribution in [0.4, 0.5) is 5.82 Å². The number of fused-ring (bicyclic) bond motifs is 1. The summed E-state index contributed by atoms with van der Waals surface area (Å²) >= 11 is 0. The van der Waals surface area contributed by atoms with Crippen molar-refractivity contribution in [1.29, 1.82) is 0 Å². The third kappa shape index (κ3) is 3.65. The van der Waals surface area contributed by atoms with Crippen molar-refractivity contribution in [2.24, 2.45) is 5.92 Å². The molecule has 1 aliphatic rings. The summed E-state index contributed by atoms with van der Waals surface area (Å²) in [4.78, 5) is 28.3. The van der Waals surface area contributed by atoms with Gasteiger partial charge in [-0.15, -0.1) is 0 Å². The number of ketones is 1. The molecule has 27 heavy (non-hydrogen) atoms. The molecule has 0 saturated heterocycles. The van der Waals surface area contributed by atoms with Gasteiger partial charge in [0, 0.05) is 28.4 Å². The van der Waals surface area contributed by atoms with Gasteiger partial charge in [0.2, 0.25) is 0 Å². The fourth-order valence-corrected chi connectivity index (χ4v) is 4.09. The van der Waals surface area contributed by atoms with Crippen LogP contribution in [0.25, 0.3) is 10.9 Å². The largest absolute Gasteiger partial charge is 0.358 e. The van der Waals surface area contributed by atoms with Gasteiger partial charge in [0.25, 0.3) is 11.7 Å². The van der Waals surface area contributed by atoms with E-state index in [2.05, 4.69) is 20.5 Å². The third-order valence-electron chi connectivity index (χ3n) is 5.43. The number of carbonyl (C=O) groups is 2. The van der Waals surface area contributed by atoms with Crippen molar-refractivity contribution in [3.8, 4) is 0 Å². The molecule has 0 spiro atoms. The molecule has 0 atom stereocenters. The zero-order valence-corrected chi connectivity index (χ0v) is 15.5. The number of hydrogen-bond acceptors (Lipinski definition) is 3. The number of rotatable bonds is 5. The Labute approximate surface area is 157 Å². The number of hydrogen-bond donors (Lipinski definition) is 3. The fraction of sp³-hybridized carbons (Fsp3) is 0.381. The highest BCUT2D eigenvalue weighted by Gasteiger charge is 2.23. The van der Waals surface area contributed by atoms with Crippen LogP contribution in [-0.2, 0) is 11.2 Å². The quantitative estimate of drug-likeness (QED) is 0.469. The normalized spacial score (nSPS) is 15.1. The van der Waals surface area contributed by atoms with Gasteiger partial charge in [0.1, 0.15) is 0 Å². The molecule has 2 aromatic heterocycles. The molecule has 0 radical (unpaired) electrons. The first kappa shape index (κ1) is 17.5. The molecule has 4 rings (SSSR count). The lowest BCUT2D eigenvalue weighted by atomic mass is 9.86. The Morgan fingerprint density at radius 3 is 2.78 bits per heavy atom. The predicted octanol–water partition coefficient (Wildman–Crippen LogP) is 4.14. The summed E-state index contributed by atoms with van der Waals surface area (Å²) in [5.41, 5.74) is 2.96. The molecular formula is C21H24N4O2. The van der Waals surface area contributed by atoms with E-state index in [1.165, 1.54) is 32.1 Å². The van der Waals surface area contributed by atoms with Gasteiger partial charge in [-0.1, -0.05) is 50.3 Å². The maximum Gasteiger partial charge on any atom is 0.298 e. The predicted molar refractivity (Wildman–Crippen MR) is 105 cm³/mol. The average Bonchev–Trinajstić information content (AvgIpc) is 3.24. The van der Waals surface area contributed by atoms with Gasteiger partial charge in [0.05, 0.1) is 5.56 Å². The molecule has 3 aromatic rings. The number of aromatic amines is 2. The first-order valence-electron chi connectivity index (χ1n) is 9.59. The molecular weight excluding hydrogens is 340 g/mol. The number of Topliss-reactive ketones (excluding diaryl/α,β-unsaturated/α-hetero) is 1. The maximum absolute atomic E-state index is 12.7. The Bertz CT molecular complexity index is 979. The highest BCUT2D eigenvalue weighted by Crippen LogP contribution is 2.27. The number of aryl methyl sites for hydroxylation is 1. The van der Waals surface area contributed by atoms with Crippen molar-refractivity contribution in [1.82, 2.24) is 15.2 Å². The van der Waals surface area contributed by atoms with Gasteiger partial charge in [-0.3, -0.25) is 14.7 Å². The number of H-pyrrole nitrogens is 2. The molecule has 0 aliphatic heterocycles. The molecule has 2 heterocycles. The van der Waals surface area contributed by atoms with Crippen LogP contribution < -0.4 is 5.32 Å². The summed E-state index contributed by atoms with van der Waals surface area (Å²) in [6, 6.07) is 9.32. The van der Waals surface area contributed by atoms with Gasteiger partial charge in [-0.05, 0) is 25.3 Å². The number of para-hydroxylation sites is 1. The van der Waals surface area contributed by atoms with Crippen molar-refractivity contribution < 1.29 is 9.59 Å². The van der Waals surface area contributed by atoms with Crippen LogP contribution >= 0.6 is 0 Å². The number of amides is 1. The molecule has 140 valence electrons. The third-order valence-corrected chi connectivity index (χ3v) is 5.43. The number of anilines is 1. The van der Waals surface area contributed by atoms with E-state index in [-0.39, 0.29) is 0 Å². The maximum atomic E-state index is 12.7. The monoisotopic (exact) mass is 364 g/mol. The number of nitrogens with zero attached hydrogens (tertiary/aromatic N) is 1. The molecule has 1 aliphatic carbocycles. The van der Waals surface area contributed by atoms with Crippen LogP contribution in [0.5, 0.6) is 0 Å². The van der Waals surface area contributed by atoms with Crippen molar-refractivity contribution in [2.45, 2.75) is 45.4 Å². The topological polar surface area (TPSA) is 90.6 Å². The standard InChI is InChI=1S/C21H24N4O2/c1-13-19(16-9-5-6-10-17(16)22-13)20(26)21(27)23-18-12-15(24-25-18)11-14-7-3-2-4-8-14/h5-6,9-10,12,14,22H,2-4,7-8,11H2,1H3,(H2,23,24,25,27). The zero-order chi connectivity index (χ0) is 18.8. The zero-order valence-electron chi connectivity index (χ0n) is 15.5. The molecule has 0 unspecified atom stereocenters. The van der Waals surface area contributed by atoms with Gasteiger partial charge in [-0.25, -0.2) is 0 Å². The number of aromatic nitrogens is 3. The Balaban J connectivity index is 1.45. The Morgan fingerprint density at radius 1 is 1.19 bits per heavy atom. The van der Waals surface area contributed by atoms with Crippen molar-refractivity contribution >= 4 is 28.4 Å². The van der Waals surface area contributed by atoms with Crippen molar-refractivity contribution in [2.75, 3.05) is 5.32 Å². The Morgan fingerprint density at radius 2 is 1.96 bits per heavy atom.